The molecule has 0 heterocycles. The van der Waals surface area contributed by atoms with Crippen molar-refractivity contribution in [1.29, 1.82) is 0 Å². The molecule has 0 radical (unpaired) electrons. The van der Waals surface area contributed by atoms with Crippen molar-refractivity contribution in [2.45, 2.75) is 26.7 Å². The zero-order valence-electron chi connectivity index (χ0n) is 11.1. The summed E-state index contributed by atoms with van der Waals surface area (Å²) in [6.45, 7) is 3.98. The lowest BCUT2D eigenvalue weighted by atomic mass is 9.91. The summed E-state index contributed by atoms with van der Waals surface area (Å²) in [5.41, 5.74) is 3.63. The SMILES string of the molecule is CCc1c(-c2ccc(O)cc2)cc(O)c(O)c1CC. The van der Waals surface area contributed by atoms with Crippen molar-refractivity contribution in [3.8, 4) is 28.4 Å². The largest absolute Gasteiger partial charge is 0.508 e. The molecule has 0 aliphatic heterocycles. The highest BCUT2D eigenvalue weighted by Gasteiger charge is 2.16. The van der Waals surface area contributed by atoms with E-state index in [0.717, 1.165) is 28.7 Å². The maximum absolute atomic E-state index is 9.93. The highest BCUT2D eigenvalue weighted by Crippen LogP contribution is 2.39. The second-order valence-corrected chi connectivity index (χ2v) is 4.50. The molecule has 0 saturated heterocycles. The number of phenols is 3. The third-order valence-corrected chi connectivity index (χ3v) is 3.38. The first kappa shape index (κ1) is 13.3. The molecule has 0 unspecified atom stereocenters. The van der Waals surface area contributed by atoms with Crippen molar-refractivity contribution < 1.29 is 15.3 Å². The van der Waals surface area contributed by atoms with Gasteiger partial charge in [-0.1, -0.05) is 26.0 Å². The highest BCUT2D eigenvalue weighted by atomic mass is 16.3. The Morgan fingerprint density at radius 1 is 0.842 bits per heavy atom. The van der Waals surface area contributed by atoms with Crippen molar-refractivity contribution in [2.75, 3.05) is 0 Å². The summed E-state index contributed by atoms with van der Waals surface area (Å²) in [4.78, 5) is 0. The normalized spacial score (nSPS) is 10.6. The van der Waals surface area contributed by atoms with E-state index in [1.54, 1.807) is 30.3 Å². The van der Waals surface area contributed by atoms with Crippen LogP contribution in [0, 0.1) is 0 Å². The number of hydrogen-bond acceptors (Lipinski definition) is 3. The molecule has 3 nitrogen and oxygen atoms in total. The summed E-state index contributed by atoms with van der Waals surface area (Å²) in [6, 6.07) is 8.42. The Labute approximate surface area is 112 Å². The van der Waals surface area contributed by atoms with Crippen molar-refractivity contribution in [2.24, 2.45) is 0 Å². The fourth-order valence-electron chi connectivity index (χ4n) is 2.44. The maximum Gasteiger partial charge on any atom is 0.160 e. The third kappa shape index (κ3) is 2.36. The molecule has 0 aromatic heterocycles. The third-order valence-electron chi connectivity index (χ3n) is 3.38. The van der Waals surface area contributed by atoms with Crippen LogP contribution >= 0.6 is 0 Å². The van der Waals surface area contributed by atoms with Crippen LogP contribution in [0.15, 0.2) is 30.3 Å². The number of phenolic OH excluding ortho intramolecular Hbond substituents is 3. The summed E-state index contributed by atoms with van der Waals surface area (Å²) >= 11 is 0. The maximum atomic E-state index is 9.93. The minimum atomic E-state index is -0.0999. The standard InChI is InChI=1S/C16H18O3/c1-3-12-13(4-2)16(19)15(18)9-14(12)10-5-7-11(17)8-6-10/h5-9,17-19H,3-4H2,1-2H3. The fourth-order valence-corrected chi connectivity index (χ4v) is 2.44. The highest BCUT2D eigenvalue weighted by molar-refractivity contribution is 5.73. The first-order valence-corrected chi connectivity index (χ1v) is 6.44. The zero-order chi connectivity index (χ0) is 14.0. The summed E-state index contributed by atoms with van der Waals surface area (Å²) in [6.07, 6.45) is 1.43. The molecule has 2 rings (SSSR count). The molecule has 0 fully saturated rings. The van der Waals surface area contributed by atoms with E-state index < -0.39 is 0 Å². The van der Waals surface area contributed by atoms with Gasteiger partial charge in [-0.25, -0.2) is 0 Å². The minimum absolute atomic E-state index is 0.0260. The van der Waals surface area contributed by atoms with Crippen molar-refractivity contribution >= 4 is 0 Å². The van der Waals surface area contributed by atoms with Gasteiger partial charge in [-0.2, -0.15) is 0 Å². The van der Waals surface area contributed by atoms with Crippen LogP contribution in [0.2, 0.25) is 0 Å². The van der Waals surface area contributed by atoms with E-state index in [1.807, 2.05) is 13.8 Å². The lowest BCUT2D eigenvalue weighted by molar-refractivity contribution is 0.399. The number of hydrogen-bond donors (Lipinski definition) is 3. The van der Waals surface area contributed by atoms with E-state index in [4.69, 9.17) is 0 Å². The topological polar surface area (TPSA) is 60.7 Å². The van der Waals surface area contributed by atoms with Gasteiger partial charge in [0, 0.05) is 5.56 Å². The zero-order valence-corrected chi connectivity index (χ0v) is 11.1. The Kier molecular flexibility index (Phi) is 3.65. The molecule has 0 aliphatic rings. The molecular weight excluding hydrogens is 240 g/mol. The fraction of sp³-hybridized carbons (Fsp3) is 0.250. The quantitative estimate of drug-likeness (QED) is 0.737. The first-order valence-electron chi connectivity index (χ1n) is 6.44. The molecule has 0 aliphatic carbocycles. The molecule has 2 aromatic rings. The van der Waals surface area contributed by atoms with Crippen LogP contribution in [0.3, 0.4) is 0 Å². The average Bonchev–Trinajstić information content (AvgIpc) is 2.42. The molecule has 3 N–H and O–H groups in total. The summed E-state index contributed by atoms with van der Waals surface area (Å²) in [5, 5.41) is 29.1. The van der Waals surface area contributed by atoms with Gasteiger partial charge in [0.2, 0.25) is 0 Å². The molecule has 100 valence electrons. The average molecular weight is 258 g/mol. The Morgan fingerprint density at radius 3 is 1.95 bits per heavy atom. The lowest BCUT2D eigenvalue weighted by Crippen LogP contribution is -1.96. The van der Waals surface area contributed by atoms with E-state index in [2.05, 4.69) is 0 Å². The Balaban J connectivity index is 2.69. The van der Waals surface area contributed by atoms with Crippen LogP contribution in [0.25, 0.3) is 11.1 Å². The minimum Gasteiger partial charge on any atom is -0.508 e. The molecule has 0 saturated carbocycles. The van der Waals surface area contributed by atoms with Crippen LogP contribution in [0.1, 0.15) is 25.0 Å². The van der Waals surface area contributed by atoms with E-state index in [-0.39, 0.29) is 17.2 Å². The van der Waals surface area contributed by atoms with E-state index >= 15 is 0 Å². The van der Waals surface area contributed by atoms with Gasteiger partial charge in [-0.3, -0.25) is 0 Å². The van der Waals surface area contributed by atoms with Gasteiger partial charge >= 0.3 is 0 Å². The van der Waals surface area contributed by atoms with Crippen LogP contribution in [0.5, 0.6) is 17.2 Å². The van der Waals surface area contributed by atoms with Crippen LogP contribution in [0.4, 0.5) is 0 Å². The molecule has 0 atom stereocenters. The molecule has 3 heteroatoms. The second-order valence-electron chi connectivity index (χ2n) is 4.50. The predicted octanol–water partition coefficient (Wildman–Crippen LogP) is 3.60. The predicted molar refractivity (Wildman–Crippen MR) is 75.6 cm³/mol. The van der Waals surface area contributed by atoms with E-state index in [0.29, 0.717) is 6.42 Å². The van der Waals surface area contributed by atoms with Crippen LogP contribution in [-0.2, 0) is 12.8 Å². The van der Waals surface area contributed by atoms with Gasteiger partial charge in [-0.15, -0.1) is 0 Å². The first-order chi connectivity index (χ1) is 9.08. The lowest BCUT2D eigenvalue weighted by Gasteiger charge is -2.16. The summed E-state index contributed by atoms with van der Waals surface area (Å²) in [7, 11) is 0. The number of rotatable bonds is 3. The van der Waals surface area contributed by atoms with Gasteiger partial charge in [0.25, 0.3) is 0 Å². The summed E-state index contributed by atoms with van der Waals surface area (Å²) in [5.74, 6) is 0.0829. The molecule has 19 heavy (non-hydrogen) atoms. The number of aromatic hydroxyl groups is 3. The van der Waals surface area contributed by atoms with Gasteiger partial charge in [0.15, 0.2) is 11.5 Å². The van der Waals surface area contributed by atoms with Crippen LogP contribution < -0.4 is 0 Å². The molecule has 2 aromatic carbocycles. The van der Waals surface area contributed by atoms with Crippen LogP contribution in [-0.4, -0.2) is 15.3 Å². The Hall–Kier alpha value is -2.16. The Morgan fingerprint density at radius 2 is 1.42 bits per heavy atom. The molecule has 0 spiro atoms. The van der Waals surface area contributed by atoms with Gasteiger partial charge < -0.3 is 15.3 Å². The number of benzene rings is 2. The van der Waals surface area contributed by atoms with E-state index in [1.165, 1.54) is 0 Å². The molecule has 0 bridgehead atoms. The monoisotopic (exact) mass is 258 g/mol. The van der Waals surface area contributed by atoms with Crippen molar-refractivity contribution in [3.05, 3.63) is 41.5 Å². The Bertz CT molecular complexity index is 586. The van der Waals surface area contributed by atoms with Crippen molar-refractivity contribution in [1.82, 2.24) is 0 Å². The molecule has 0 amide bonds. The van der Waals surface area contributed by atoms with Gasteiger partial charge in [0.1, 0.15) is 5.75 Å². The summed E-state index contributed by atoms with van der Waals surface area (Å²) < 4.78 is 0. The van der Waals surface area contributed by atoms with E-state index in [9.17, 15) is 15.3 Å². The second kappa shape index (κ2) is 5.22. The smallest absolute Gasteiger partial charge is 0.160 e. The van der Waals surface area contributed by atoms with Crippen molar-refractivity contribution in [3.63, 3.8) is 0 Å². The molecular formula is C16H18O3. The van der Waals surface area contributed by atoms with Gasteiger partial charge in [-0.05, 0) is 47.7 Å². The van der Waals surface area contributed by atoms with Gasteiger partial charge in [0.05, 0.1) is 0 Å².